The lowest BCUT2D eigenvalue weighted by atomic mass is 10.1. The van der Waals surface area contributed by atoms with Gasteiger partial charge in [0.25, 0.3) is 0 Å². The smallest absolute Gasteiger partial charge is 0.316 e. The Morgan fingerprint density at radius 3 is 3.00 bits per heavy atom. The van der Waals surface area contributed by atoms with Crippen molar-refractivity contribution < 1.29 is 13.7 Å². The van der Waals surface area contributed by atoms with Crippen molar-refractivity contribution in [2.75, 3.05) is 19.6 Å². The van der Waals surface area contributed by atoms with Crippen LogP contribution in [0.25, 0.3) is 22.6 Å². The van der Waals surface area contributed by atoms with Gasteiger partial charge in [0, 0.05) is 23.5 Å². The molecule has 0 spiro atoms. The molecular formula is C20H24N4O3. The molecule has 0 unspecified atom stereocenters. The van der Waals surface area contributed by atoms with E-state index < -0.39 is 0 Å². The Labute approximate surface area is 157 Å². The van der Waals surface area contributed by atoms with E-state index in [2.05, 4.69) is 27.3 Å². The van der Waals surface area contributed by atoms with E-state index in [0.29, 0.717) is 24.2 Å². The molecule has 1 fully saturated rings. The Bertz CT molecular complexity index is 975. The fourth-order valence-electron chi connectivity index (χ4n) is 3.83. The Morgan fingerprint density at radius 1 is 1.37 bits per heavy atom. The van der Waals surface area contributed by atoms with Gasteiger partial charge in [-0.25, -0.2) is 0 Å². The Morgan fingerprint density at radius 2 is 2.22 bits per heavy atom. The number of nitrogens with zero attached hydrogens (tertiary/aromatic N) is 3. The minimum absolute atomic E-state index is 0.0392. The number of aromatic nitrogens is 2. The molecule has 1 aliphatic heterocycles. The minimum Gasteiger partial charge on any atom is -0.452 e. The maximum atomic E-state index is 12.4. The van der Waals surface area contributed by atoms with Crippen molar-refractivity contribution in [1.82, 2.24) is 20.4 Å². The number of nitrogens with one attached hydrogen (secondary N) is 1. The van der Waals surface area contributed by atoms with Gasteiger partial charge in [0.05, 0.1) is 0 Å². The van der Waals surface area contributed by atoms with Gasteiger partial charge in [-0.15, -0.1) is 0 Å². The Balaban J connectivity index is 1.51. The van der Waals surface area contributed by atoms with Gasteiger partial charge >= 0.3 is 11.8 Å². The molecule has 0 radical (unpaired) electrons. The molecule has 1 N–H and O–H groups in total. The number of carbonyl (C=O) groups is 1. The van der Waals surface area contributed by atoms with Crippen LogP contribution in [0, 0.1) is 13.8 Å². The van der Waals surface area contributed by atoms with Gasteiger partial charge < -0.3 is 14.3 Å². The van der Waals surface area contributed by atoms with Crippen LogP contribution in [0.2, 0.25) is 0 Å². The van der Waals surface area contributed by atoms with Crippen molar-refractivity contribution in [3.05, 3.63) is 35.2 Å². The van der Waals surface area contributed by atoms with E-state index in [1.165, 1.54) is 6.42 Å². The van der Waals surface area contributed by atoms with Gasteiger partial charge in [0.15, 0.2) is 5.76 Å². The first kappa shape index (κ1) is 17.7. The van der Waals surface area contributed by atoms with Gasteiger partial charge in [-0.05, 0) is 45.3 Å². The molecule has 2 aromatic heterocycles. The maximum absolute atomic E-state index is 12.4. The number of carbonyl (C=O) groups excluding carboxylic acids is 1. The number of hydrogen-bond acceptors (Lipinski definition) is 6. The molecule has 0 saturated carbocycles. The first-order valence-electron chi connectivity index (χ1n) is 9.43. The number of rotatable bonds is 5. The third-order valence-electron chi connectivity index (χ3n) is 5.39. The summed E-state index contributed by atoms with van der Waals surface area (Å²) < 4.78 is 11.1. The average molecular weight is 368 g/mol. The van der Waals surface area contributed by atoms with Gasteiger partial charge in [-0.2, -0.15) is 4.98 Å². The number of amides is 1. The zero-order valence-corrected chi connectivity index (χ0v) is 15.9. The molecule has 4 rings (SSSR count). The molecule has 1 aliphatic rings. The number of hydrogen-bond donors (Lipinski definition) is 1. The van der Waals surface area contributed by atoms with Crippen LogP contribution in [0.15, 0.2) is 27.1 Å². The molecule has 27 heavy (non-hydrogen) atoms. The Hall–Kier alpha value is -2.67. The highest BCUT2D eigenvalue weighted by atomic mass is 16.5. The van der Waals surface area contributed by atoms with E-state index in [1.54, 1.807) is 0 Å². The number of para-hydroxylation sites is 1. The van der Waals surface area contributed by atoms with E-state index in [-0.39, 0.29) is 11.8 Å². The summed E-state index contributed by atoms with van der Waals surface area (Å²) in [6.45, 7) is 8.76. The molecule has 0 aliphatic carbocycles. The summed E-state index contributed by atoms with van der Waals surface area (Å²) in [4.78, 5) is 19.0. The van der Waals surface area contributed by atoms with E-state index in [9.17, 15) is 4.79 Å². The number of fused-ring (bicyclic) bond motifs is 1. The van der Waals surface area contributed by atoms with Crippen molar-refractivity contribution in [1.29, 1.82) is 0 Å². The van der Waals surface area contributed by atoms with E-state index in [0.717, 1.165) is 41.6 Å². The molecule has 7 heteroatoms. The molecule has 3 aromatic rings. The summed E-state index contributed by atoms with van der Waals surface area (Å²) in [7, 11) is 0. The number of benzene rings is 1. The summed E-state index contributed by atoms with van der Waals surface area (Å²) in [6, 6.07) is 6.36. The molecular weight excluding hydrogens is 344 g/mol. The average Bonchev–Trinajstić information content (AvgIpc) is 3.39. The van der Waals surface area contributed by atoms with E-state index in [1.807, 2.05) is 32.0 Å². The zero-order chi connectivity index (χ0) is 19.0. The van der Waals surface area contributed by atoms with Crippen molar-refractivity contribution >= 4 is 16.9 Å². The van der Waals surface area contributed by atoms with Crippen LogP contribution >= 0.6 is 0 Å². The largest absolute Gasteiger partial charge is 0.452 e. The zero-order valence-electron chi connectivity index (χ0n) is 15.9. The SMILES string of the molecule is CCN1CCC[C@H]1CNC(=O)c1nc(-c2oc3c(C)cccc3c2C)no1. The van der Waals surface area contributed by atoms with Crippen molar-refractivity contribution in [2.24, 2.45) is 0 Å². The van der Waals surface area contributed by atoms with E-state index in [4.69, 9.17) is 8.94 Å². The fourth-order valence-corrected chi connectivity index (χ4v) is 3.83. The van der Waals surface area contributed by atoms with Gasteiger partial charge in [-0.3, -0.25) is 9.69 Å². The second-order valence-corrected chi connectivity index (χ2v) is 7.07. The minimum atomic E-state index is -0.346. The topological polar surface area (TPSA) is 84.4 Å². The summed E-state index contributed by atoms with van der Waals surface area (Å²) in [6.07, 6.45) is 2.27. The predicted octanol–water partition coefficient (Wildman–Crippen LogP) is 3.31. The summed E-state index contributed by atoms with van der Waals surface area (Å²) >= 11 is 0. The molecule has 1 atom stereocenters. The first-order valence-corrected chi connectivity index (χ1v) is 9.43. The van der Waals surface area contributed by atoms with Crippen LogP contribution in [-0.2, 0) is 0 Å². The van der Waals surface area contributed by atoms with Gasteiger partial charge in [0.2, 0.25) is 5.82 Å². The van der Waals surface area contributed by atoms with Crippen LogP contribution in [0.1, 0.15) is 41.6 Å². The third-order valence-corrected chi connectivity index (χ3v) is 5.39. The number of likely N-dealkylation sites (N-methyl/N-ethyl adjacent to an activating group) is 1. The van der Waals surface area contributed by atoms with Crippen LogP contribution in [-0.4, -0.2) is 46.6 Å². The van der Waals surface area contributed by atoms with E-state index >= 15 is 0 Å². The number of furan rings is 1. The lowest BCUT2D eigenvalue weighted by Gasteiger charge is -2.22. The quantitative estimate of drug-likeness (QED) is 0.744. The highest BCUT2D eigenvalue weighted by molar-refractivity contribution is 5.91. The van der Waals surface area contributed by atoms with Crippen LogP contribution in [0.4, 0.5) is 0 Å². The second kappa shape index (κ2) is 7.15. The number of likely N-dealkylation sites (tertiary alicyclic amines) is 1. The summed E-state index contributed by atoms with van der Waals surface area (Å²) in [5, 5.41) is 7.88. The third kappa shape index (κ3) is 3.23. The highest BCUT2D eigenvalue weighted by Gasteiger charge is 2.25. The normalized spacial score (nSPS) is 17.7. The summed E-state index contributed by atoms with van der Waals surface area (Å²) in [5.41, 5.74) is 2.79. The highest BCUT2D eigenvalue weighted by Crippen LogP contribution is 2.33. The molecule has 1 saturated heterocycles. The number of aryl methyl sites for hydroxylation is 2. The predicted molar refractivity (Wildman–Crippen MR) is 102 cm³/mol. The molecule has 1 amide bonds. The van der Waals surface area contributed by atoms with Gasteiger partial charge in [0.1, 0.15) is 5.58 Å². The van der Waals surface area contributed by atoms with Gasteiger partial charge in [-0.1, -0.05) is 30.3 Å². The lowest BCUT2D eigenvalue weighted by Crippen LogP contribution is -2.40. The molecule has 142 valence electrons. The maximum Gasteiger partial charge on any atom is 0.316 e. The molecule has 3 heterocycles. The van der Waals surface area contributed by atoms with Crippen LogP contribution in [0.5, 0.6) is 0 Å². The second-order valence-electron chi connectivity index (χ2n) is 7.07. The van der Waals surface area contributed by atoms with Crippen LogP contribution in [0.3, 0.4) is 0 Å². The lowest BCUT2D eigenvalue weighted by molar-refractivity contribution is 0.0897. The van der Waals surface area contributed by atoms with Crippen molar-refractivity contribution in [3.8, 4) is 11.6 Å². The molecule has 7 nitrogen and oxygen atoms in total. The molecule has 1 aromatic carbocycles. The van der Waals surface area contributed by atoms with Crippen molar-refractivity contribution in [2.45, 2.75) is 39.7 Å². The van der Waals surface area contributed by atoms with Crippen LogP contribution < -0.4 is 5.32 Å². The Kier molecular flexibility index (Phi) is 4.70. The van der Waals surface area contributed by atoms with Crippen molar-refractivity contribution in [3.63, 3.8) is 0 Å². The standard InChI is InChI=1S/C20H24N4O3/c1-4-24-10-6-8-14(24)11-21-19(25)20-22-18(23-27-20)17-13(3)15-9-5-7-12(2)16(15)26-17/h5,7,9,14H,4,6,8,10-11H2,1-3H3,(H,21,25)/t14-/m0/s1. The summed E-state index contributed by atoms with van der Waals surface area (Å²) in [5.74, 6) is 0.448. The first-order chi connectivity index (χ1) is 13.1. The fraction of sp³-hybridized carbons (Fsp3) is 0.450. The monoisotopic (exact) mass is 368 g/mol. The molecule has 0 bridgehead atoms.